The van der Waals surface area contributed by atoms with E-state index in [0.717, 1.165) is 22.5 Å². The summed E-state index contributed by atoms with van der Waals surface area (Å²) in [4.78, 5) is 49.7. The van der Waals surface area contributed by atoms with Crippen molar-refractivity contribution >= 4 is 40.9 Å². The highest BCUT2D eigenvalue weighted by Crippen LogP contribution is 2.66. The minimum absolute atomic E-state index is 0.108. The fraction of sp³-hybridized carbons (Fsp3) is 0.457. The molecule has 43 heavy (non-hydrogen) atoms. The van der Waals surface area contributed by atoms with Crippen molar-refractivity contribution < 1.29 is 19.5 Å². The molecule has 1 N–H and O–H groups in total. The maximum absolute atomic E-state index is 15.0. The van der Waals surface area contributed by atoms with Crippen molar-refractivity contribution in [2.75, 3.05) is 29.5 Å². The van der Waals surface area contributed by atoms with Gasteiger partial charge in [-0.15, -0.1) is 11.8 Å². The number of aryl methyl sites for hydroxylation is 2. The second kappa shape index (κ2) is 11.0. The third-order valence-corrected chi connectivity index (χ3v) is 11.4. The Morgan fingerprint density at radius 3 is 2.16 bits per heavy atom. The molecule has 1 unspecified atom stereocenters. The molecule has 8 heteroatoms. The number of carbonyl (C=O) groups excluding carboxylic acids is 3. The summed E-state index contributed by atoms with van der Waals surface area (Å²) in [6, 6.07) is 14.2. The van der Waals surface area contributed by atoms with Crippen molar-refractivity contribution in [3.63, 3.8) is 0 Å². The number of carbonyl (C=O) groups is 3. The summed E-state index contributed by atoms with van der Waals surface area (Å²) in [6.45, 7) is 10.7. The second-order valence-electron chi connectivity index (χ2n) is 13.0. The topological polar surface area (TPSA) is 81.2 Å². The molecular formula is C35H41N3O4S. The number of nitrogens with zero attached hydrogens (tertiary/aromatic N) is 3. The van der Waals surface area contributed by atoms with Gasteiger partial charge in [-0.05, 0) is 56.4 Å². The van der Waals surface area contributed by atoms with Crippen LogP contribution in [0.5, 0.6) is 0 Å². The van der Waals surface area contributed by atoms with Crippen LogP contribution in [-0.4, -0.2) is 69.0 Å². The van der Waals surface area contributed by atoms with Crippen LogP contribution >= 0.6 is 11.8 Å². The molecule has 0 aliphatic carbocycles. The molecule has 4 aliphatic heterocycles. The molecular weight excluding hydrogens is 558 g/mol. The lowest BCUT2D eigenvalue weighted by atomic mass is 9.74. The molecule has 226 valence electrons. The lowest BCUT2D eigenvalue weighted by molar-refractivity contribution is -0.142. The van der Waals surface area contributed by atoms with Crippen LogP contribution < -0.4 is 9.80 Å². The van der Waals surface area contributed by atoms with Gasteiger partial charge < -0.3 is 19.8 Å². The van der Waals surface area contributed by atoms with Crippen molar-refractivity contribution in [2.45, 2.75) is 62.6 Å². The van der Waals surface area contributed by atoms with E-state index in [4.69, 9.17) is 0 Å². The van der Waals surface area contributed by atoms with Gasteiger partial charge >= 0.3 is 0 Å². The van der Waals surface area contributed by atoms with E-state index in [1.54, 1.807) is 26.5 Å². The first-order chi connectivity index (χ1) is 20.5. The van der Waals surface area contributed by atoms with E-state index in [9.17, 15) is 19.5 Å². The van der Waals surface area contributed by atoms with Crippen LogP contribution in [0.25, 0.3) is 0 Å². The van der Waals surface area contributed by atoms with Gasteiger partial charge in [-0.3, -0.25) is 14.4 Å². The molecule has 6 atom stereocenters. The zero-order valence-corrected chi connectivity index (χ0v) is 26.4. The van der Waals surface area contributed by atoms with Crippen LogP contribution in [-0.2, 0) is 14.4 Å². The van der Waals surface area contributed by atoms with E-state index in [-0.39, 0.29) is 30.2 Å². The van der Waals surface area contributed by atoms with Crippen molar-refractivity contribution in [3.8, 4) is 0 Å². The van der Waals surface area contributed by atoms with Gasteiger partial charge in [0.25, 0.3) is 5.91 Å². The van der Waals surface area contributed by atoms with Gasteiger partial charge in [0.15, 0.2) is 0 Å². The number of para-hydroxylation sites is 2. The maximum atomic E-state index is 15.0. The summed E-state index contributed by atoms with van der Waals surface area (Å²) in [5.41, 5.74) is 3.61. The molecule has 0 bridgehead atoms. The maximum Gasteiger partial charge on any atom is 0.251 e. The fourth-order valence-electron chi connectivity index (χ4n) is 7.95. The zero-order chi connectivity index (χ0) is 30.7. The van der Waals surface area contributed by atoms with Crippen LogP contribution in [0.15, 0.2) is 72.8 Å². The standard InChI is InChI=1S/C35H41N3O4S/c1-22(2)20-26(21-39)38-30-33(42)37(29-23(3)12-9-13-24(29)4)19-11-17-35(30)28(32(38)41)27-31(40)36(25-14-7-6-8-15-25)18-10-16-34(27,5)43-35/h6-17,22,26-28,30,39H,18-21H2,1-5H3/t26-,27+,28+,30?,34-,35+/m1/s1. The Bertz CT molecular complexity index is 1490. The van der Waals surface area contributed by atoms with Gasteiger partial charge in [0.2, 0.25) is 11.8 Å². The van der Waals surface area contributed by atoms with Gasteiger partial charge in [-0.25, -0.2) is 0 Å². The average molecular weight is 600 g/mol. The van der Waals surface area contributed by atoms with Gasteiger partial charge in [0.05, 0.1) is 29.2 Å². The number of benzene rings is 2. The predicted octanol–water partition coefficient (Wildman–Crippen LogP) is 4.90. The molecule has 6 rings (SSSR count). The zero-order valence-electron chi connectivity index (χ0n) is 25.6. The summed E-state index contributed by atoms with van der Waals surface area (Å²) in [5, 5.41) is 10.7. The molecule has 2 saturated heterocycles. The van der Waals surface area contributed by atoms with Crippen LogP contribution in [0.1, 0.15) is 38.3 Å². The Hall–Kier alpha value is -3.36. The van der Waals surface area contributed by atoms with Crippen LogP contribution in [0, 0.1) is 31.6 Å². The SMILES string of the molecule is Cc1cccc(C)c1N1CC=C[C@]23S[C@]4(C)C=CCN(c5ccccc5)C(=O)[C@@H]4[C@H]2C(=O)N([C@@H](CO)CC(C)C)C3C1=O. The predicted molar refractivity (Wildman–Crippen MR) is 172 cm³/mol. The monoisotopic (exact) mass is 599 g/mol. The molecule has 0 radical (unpaired) electrons. The van der Waals surface area contributed by atoms with Gasteiger partial charge in [-0.1, -0.05) is 74.5 Å². The number of hydrogen-bond acceptors (Lipinski definition) is 5. The molecule has 7 nitrogen and oxygen atoms in total. The number of aliphatic hydroxyl groups excluding tert-OH is 1. The normalized spacial score (nSPS) is 30.8. The van der Waals surface area contributed by atoms with E-state index in [1.807, 2.05) is 87.5 Å². The van der Waals surface area contributed by atoms with Crippen molar-refractivity contribution in [1.29, 1.82) is 0 Å². The number of likely N-dealkylation sites (tertiary alicyclic amines) is 1. The highest BCUT2D eigenvalue weighted by atomic mass is 32.2. The highest BCUT2D eigenvalue weighted by Gasteiger charge is 2.74. The molecule has 0 aromatic heterocycles. The molecule has 3 amide bonds. The minimum atomic E-state index is -0.969. The molecule has 2 fully saturated rings. The third-order valence-electron chi connectivity index (χ3n) is 9.62. The number of hydrogen-bond donors (Lipinski definition) is 1. The number of rotatable bonds is 6. The summed E-state index contributed by atoms with van der Waals surface area (Å²) >= 11 is 1.58. The Morgan fingerprint density at radius 2 is 1.51 bits per heavy atom. The summed E-state index contributed by atoms with van der Waals surface area (Å²) in [5.74, 6) is -1.73. The Balaban J connectivity index is 1.52. The molecule has 0 saturated carbocycles. The minimum Gasteiger partial charge on any atom is -0.394 e. The van der Waals surface area contributed by atoms with Gasteiger partial charge in [0, 0.05) is 29.2 Å². The number of thioether (sulfide) groups is 1. The number of aliphatic hydroxyl groups is 1. The largest absolute Gasteiger partial charge is 0.394 e. The van der Waals surface area contributed by atoms with Crippen molar-refractivity contribution in [3.05, 3.63) is 84.0 Å². The number of anilines is 2. The molecule has 2 aromatic carbocycles. The first kappa shape index (κ1) is 29.7. The van der Waals surface area contributed by atoms with Gasteiger partial charge in [0.1, 0.15) is 6.04 Å². The van der Waals surface area contributed by atoms with Crippen molar-refractivity contribution in [2.24, 2.45) is 17.8 Å². The van der Waals surface area contributed by atoms with Crippen LogP contribution in [0.2, 0.25) is 0 Å². The first-order valence-corrected chi connectivity index (χ1v) is 16.1. The molecule has 4 heterocycles. The lowest BCUT2D eigenvalue weighted by Gasteiger charge is -2.40. The van der Waals surface area contributed by atoms with Crippen LogP contribution in [0.4, 0.5) is 11.4 Å². The average Bonchev–Trinajstić information content (AvgIpc) is 3.24. The van der Waals surface area contributed by atoms with E-state index >= 15 is 0 Å². The molecule has 2 aromatic rings. The molecule has 4 aliphatic rings. The summed E-state index contributed by atoms with van der Waals surface area (Å²) < 4.78 is -1.67. The quantitative estimate of drug-likeness (QED) is 0.478. The summed E-state index contributed by atoms with van der Waals surface area (Å²) in [6.07, 6.45) is 8.71. The Kier molecular flexibility index (Phi) is 7.58. The van der Waals surface area contributed by atoms with Crippen molar-refractivity contribution in [1.82, 2.24) is 4.90 Å². The number of fused-ring (bicyclic) bond motifs is 2. The lowest BCUT2D eigenvalue weighted by Crippen LogP contribution is -2.57. The fourth-order valence-corrected chi connectivity index (χ4v) is 10.1. The molecule has 1 spiro atoms. The Morgan fingerprint density at radius 1 is 0.860 bits per heavy atom. The Labute approximate surface area is 258 Å². The van der Waals surface area contributed by atoms with E-state index in [0.29, 0.717) is 19.5 Å². The first-order valence-electron chi connectivity index (χ1n) is 15.3. The van der Waals surface area contributed by atoms with E-state index < -0.39 is 33.4 Å². The van der Waals surface area contributed by atoms with Gasteiger partial charge in [-0.2, -0.15) is 0 Å². The van der Waals surface area contributed by atoms with E-state index in [1.165, 1.54) is 0 Å². The highest BCUT2D eigenvalue weighted by molar-refractivity contribution is 8.02. The number of amides is 3. The third kappa shape index (κ3) is 4.56. The summed E-state index contributed by atoms with van der Waals surface area (Å²) in [7, 11) is 0. The van der Waals surface area contributed by atoms with Crippen LogP contribution in [0.3, 0.4) is 0 Å². The van der Waals surface area contributed by atoms with E-state index in [2.05, 4.69) is 19.9 Å². The second-order valence-corrected chi connectivity index (χ2v) is 14.8. The smallest absolute Gasteiger partial charge is 0.251 e.